The van der Waals surface area contributed by atoms with Crippen molar-refractivity contribution in [3.05, 3.63) is 35.2 Å². The van der Waals surface area contributed by atoms with Crippen LogP contribution < -0.4 is 0 Å². The molecule has 0 N–H and O–H groups in total. The van der Waals surface area contributed by atoms with Crippen LogP contribution in [0.4, 0.5) is 0 Å². The van der Waals surface area contributed by atoms with Gasteiger partial charge in [-0.3, -0.25) is 4.90 Å². The van der Waals surface area contributed by atoms with Gasteiger partial charge < -0.3 is 4.40 Å². The highest BCUT2D eigenvalue weighted by Gasteiger charge is 2.29. The highest BCUT2D eigenvalue weighted by molar-refractivity contribution is 6.33. The van der Waals surface area contributed by atoms with Gasteiger partial charge in [0.2, 0.25) is 0 Å². The molecule has 2 aromatic heterocycles. The molecular weight excluding hydrogens is 246 g/mol. The Bertz CT molecular complexity index is 561. The Morgan fingerprint density at radius 1 is 1.44 bits per heavy atom. The van der Waals surface area contributed by atoms with E-state index < -0.39 is 0 Å². The van der Waals surface area contributed by atoms with Crippen LogP contribution in [0.2, 0.25) is 5.02 Å². The monoisotopic (exact) mass is 263 g/mol. The molecule has 0 amide bonds. The van der Waals surface area contributed by atoms with Gasteiger partial charge in [-0.2, -0.15) is 0 Å². The Labute approximate surface area is 112 Å². The summed E-state index contributed by atoms with van der Waals surface area (Å²) >= 11 is 6.18. The van der Waals surface area contributed by atoms with Crippen LogP contribution in [-0.4, -0.2) is 26.9 Å². The number of halogens is 1. The van der Waals surface area contributed by atoms with Crippen molar-refractivity contribution in [2.45, 2.75) is 38.8 Å². The second kappa shape index (κ2) is 4.56. The third kappa shape index (κ3) is 1.91. The molecule has 4 heteroatoms. The van der Waals surface area contributed by atoms with E-state index in [1.807, 2.05) is 22.7 Å². The first-order chi connectivity index (χ1) is 8.66. The number of likely N-dealkylation sites (tertiary alicyclic amines) is 1. The standard InChI is InChI=1S/C14H18ClN3/c1-10(2)18-8-4-6-13(18)12-9-17-7-3-5-11(15)14(17)16-12/h3,5,7,9-10,13H,4,6,8H2,1-2H3. The fourth-order valence-electron chi connectivity index (χ4n) is 2.88. The number of rotatable bonds is 2. The van der Waals surface area contributed by atoms with Crippen molar-refractivity contribution in [3.63, 3.8) is 0 Å². The van der Waals surface area contributed by atoms with Crippen LogP contribution in [0.3, 0.4) is 0 Å². The van der Waals surface area contributed by atoms with E-state index in [9.17, 15) is 0 Å². The van der Waals surface area contributed by atoms with E-state index in [0.717, 1.165) is 16.4 Å². The molecule has 3 nitrogen and oxygen atoms in total. The van der Waals surface area contributed by atoms with Crippen molar-refractivity contribution >= 4 is 17.2 Å². The lowest BCUT2D eigenvalue weighted by molar-refractivity contribution is 0.202. The number of nitrogens with zero attached hydrogens (tertiary/aromatic N) is 3. The van der Waals surface area contributed by atoms with Crippen LogP contribution in [-0.2, 0) is 0 Å². The Kier molecular flexibility index (Phi) is 3.04. The molecule has 1 unspecified atom stereocenters. The van der Waals surface area contributed by atoms with Crippen molar-refractivity contribution in [1.29, 1.82) is 0 Å². The van der Waals surface area contributed by atoms with Gasteiger partial charge in [0.25, 0.3) is 0 Å². The molecule has 0 spiro atoms. The molecule has 96 valence electrons. The van der Waals surface area contributed by atoms with E-state index in [2.05, 4.69) is 24.9 Å². The molecular formula is C14H18ClN3. The molecule has 1 saturated heterocycles. The van der Waals surface area contributed by atoms with Crippen LogP contribution in [0, 0.1) is 0 Å². The summed E-state index contributed by atoms with van der Waals surface area (Å²) in [5.41, 5.74) is 2.01. The summed E-state index contributed by atoms with van der Waals surface area (Å²) < 4.78 is 2.02. The number of hydrogen-bond acceptors (Lipinski definition) is 2. The Balaban J connectivity index is 2.01. The summed E-state index contributed by atoms with van der Waals surface area (Å²) in [5.74, 6) is 0. The molecule has 1 atom stereocenters. The largest absolute Gasteiger partial charge is 0.306 e. The maximum absolute atomic E-state index is 6.18. The van der Waals surface area contributed by atoms with Gasteiger partial charge >= 0.3 is 0 Å². The smallest absolute Gasteiger partial charge is 0.155 e. The molecule has 1 aliphatic heterocycles. The van der Waals surface area contributed by atoms with E-state index in [1.165, 1.54) is 19.4 Å². The molecule has 1 fully saturated rings. The van der Waals surface area contributed by atoms with E-state index >= 15 is 0 Å². The average Bonchev–Trinajstić information content (AvgIpc) is 2.95. The van der Waals surface area contributed by atoms with Crippen LogP contribution in [0.25, 0.3) is 5.65 Å². The second-order valence-electron chi connectivity index (χ2n) is 5.24. The summed E-state index contributed by atoms with van der Waals surface area (Å²) in [4.78, 5) is 7.24. The van der Waals surface area contributed by atoms with Gasteiger partial charge in [-0.15, -0.1) is 0 Å². The van der Waals surface area contributed by atoms with Gasteiger partial charge in [0.1, 0.15) is 0 Å². The second-order valence-corrected chi connectivity index (χ2v) is 5.65. The summed E-state index contributed by atoms with van der Waals surface area (Å²) in [6, 6.07) is 4.86. The molecule has 3 rings (SSSR count). The number of imidazole rings is 1. The van der Waals surface area contributed by atoms with Crippen molar-refractivity contribution in [2.75, 3.05) is 6.54 Å². The minimum atomic E-state index is 0.445. The van der Waals surface area contributed by atoms with E-state index in [0.29, 0.717) is 12.1 Å². The maximum atomic E-state index is 6.18. The minimum Gasteiger partial charge on any atom is -0.306 e. The zero-order valence-corrected chi connectivity index (χ0v) is 11.6. The first kappa shape index (κ1) is 12.0. The first-order valence-electron chi connectivity index (χ1n) is 6.55. The third-order valence-corrected chi connectivity index (χ3v) is 4.05. The van der Waals surface area contributed by atoms with Gasteiger partial charge in [0, 0.05) is 18.4 Å². The molecule has 0 radical (unpaired) electrons. The topological polar surface area (TPSA) is 20.5 Å². The number of aromatic nitrogens is 2. The molecule has 18 heavy (non-hydrogen) atoms. The Morgan fingerprint density at radius 2 is 2.28 bits per heavy atom. The molecule has 1 aliphatic rings. The zero-order valence-electron chi connectivity index (χ0n) is 10.8. The van der Waals surface area contributed by atoms with Gasteiger partial charge in [0.15, 0.2) is 5.65 Å². The quantitative estimate of drug-likeness (QED) is 0.826. The van der Waals surface area contributed by atoms with Crippen molar-refractivity contribution in [1.82, 2.24) is 14.3 Å². The summed E-state index contributed by atoms with van der Waals surface area (Å²) in [6.45, 7) is 5.67. The maximum Gasteiger partial charge on any atom is 0.155 e. The SMILES string of the molecule is CC(C)N1CCCC1c1cn2cccc(Cl)c2n1. The molecule has 2 aromatic rings. The molecule has 0 aromatic carbocycles. The zero-order chi connectivity index (χ0) is 12.7. The van der Waals surface area contributed by atoms with Crippen LogP contribution in [0.15, 0.2) is 24.5 Å². The first-order valence-corrected chi connectivity index (χ1v) is 6.93. The Morgan fingerprint density at radius 3 is 3.00 bits per heavy atom. The van der Waals surface area contributed by atoms with Gasteiger partial charge in [-0.05, 0) is 45.4 Å². The lowest BCUT2D eigenvalue weighted by Gasteiger charge is -2.26. The number of pyridine rings is 1. The lowest BCUT2D eigenvalue weighted by atomic mass is 10.1. The van der Waals surface area contributed by atoms with Gasteiger partial charge in [-0.1, -0.05) is 11.6 Å². The van der Waals surface area contributed by atoms with Crippen LogP contribution in [0.5, 0.6) is 0 Å². The molecule has 0 saturated carbocycles. The Hall–Kier alpha value is -1.06. The predicted molar refractivity (Wildman–Crippen MR) is 74.0 cm³/mol. The normalized spacial score (nSPS) is 21.2. The lowest BCUT2D eigenvalue weighted by Crippen LogP contribution is -2.30. The fraction of sp³-hybridized carbons (Fsp3) is 0.500. The van der Waals surface area contributed by atoms with Crippen molar-refractivity contribution in [3.8, 4) is 0 Å². The van der Waals surface area contributed by atoms with Crippen LogP contribution >= 0.6 is 11.6 Å². The fourth-order valence-corrected chi connectivity index (χ4v) is 3.10. The average molecular weight is 264 g/mol. The van der Waals surface area contributed by atoms with Gasteiger partial charge in [0.05, 0.1) is 16.8 Å². The van der Waals surface area contributed by atoms with Crippen LogP contribution in [0.1, 0.15) is 38.4 Å². The van der Waals surface area contributed by atoms with E-state index in [4.69, 9.17) is 16.6 Å². The van der Waals surface area contributed by atoms with E-state index in [1.54, 1.807) is 0 Å². The van der Waals surface area contributed by atoms with Gasteiger partial charge in [-0.25, -0.2) is 4.98 Å². The highest BCUT2D eigenvalue weighted by atomic mass is 35.5. The molecule has 0 bridgehead atoms. The minimum absolute atomic E-state index is 0.445. The van der Waals surface area contributed by atoms with Crippen molar-refractivity contribution < 1.29 is 0 Å². The number of fused-ring (bicyclic) bond motifs is 1. The predicted octanol–water partition coefficient (Wildman–Crippen LogP) is 3.53. The summed E-state index contributed by atoms with van der Waals surface area (Å²) in [6.07, 6.45) is 6.57. The number of hydrogen-bond donors (Lipinski definition) is 0. The van der Waals surface area contributed by atoms with Crippen molar-refractivity contribution in [2.24, 2.45) is 0 Å². The summed E-state index contributed by atoms with van der Waals surface area (Å²) in [5, 5.41) is 0.720. The molecule has 0 aliphatic carbocycles. The molecule has 3 heterocycles. The van der Waals surface area contributed by atoms with E-state index in [-0.39, 0.29) is 0 Å². The third-order valence-electron chi connectivity index (χ3n) is 3.75. The highest BCUT2D eigenvalue weighted by Crippen LogP contribution is 2.33. The summed E-state index contributed by atoms with van der Waals surface area (Å²) in [7, 11) is 0.